The van der Waals surface area contributed by atoms with Gasteiger partial charge in [0.15, 0.2) is 5.69 Å². The number of hydrogen-bond donors (Lipinski definition) is 2. The molecule has 0 aliphatic heterocycles. The number of anilines is 2. The Hall–Kier alpha value is -2.14. The molecule has 0 fully saturated rings. The molecule has 1 amide bonds. The van der Waals surface area contributed by atoms with Gasteiger partial charge in [-0.25, -0.2) is 9.97 Å². The summed E-state index contributed by atoms with van der Waals surface area (Å²) in [4.78, 5) is 19.9. The van der Waals surface area contributed by atoms with Crippen molar-refractivity contribution >= 4 is 28.9 Å². The first kappa shape index (κ1) is 12.3. The Balaban J connectivity index is 2.24. The largest absolute Gasteiger partial charge is 0.397 e. The predicted molar refractivity (Wildman–Crippen MR) is 70.6 cm³/mol. The molecule has 0 saturated heterocycles. The third-order valence-electron chi connectivity index (χ3n) is 2.35. The van der Waals surface area contributed by atoms with E-state index in [0.717, 1.165) is 0 Å². The molecule has 2 heterocycles. The van der Waals surface area contributed by atoms with Crippen LogP contribution in [0.15, 0.2) is 30.5 Å². The SMILES string of the molecule is Cc1nc(Cl)ccc1NC(=O)c1ncccc1N. The lowest BCUT2D eigenvalue weighted by molar-refractivity contribution is 0.102. The smallest absolute Gasteiger partial charge is 0.276 e. The summed E-state index contributed by atoms with van der Waals surface area (Å²) in [6.45, 7) is 1.75. The zero-order valence-corrected chi connectivity index (χ0v) is 10.4. The first-order chi connectivity index (χ1) is 8.58. The normalized spacial score (nSPS) is 10.1. The molecule has 0 unspecified atom stereocenters. The standard InChI is InChI=1S/C12H11ClN4O/c1-7-9(4-5-10(13)16-7)17-12(18)11-8(14)3-2-6-15-11/h2-6H,14H2,1H3,(H,17,18). The zero-order chi connectivity index (χ0) is 13.1. The number of nitrogens with one attached hydrogen (secondary N) is 1. The van der Waals surface area contributed by atoms with Gasteiger partial charge in [0.05, 0.1) is 17.1 Å². The van der Waals surface area contributed by atoms with E-state index in [0.29, 0.717) is 22.2 Å². The first-order valence-corrected chi connectivity index (χ1v) is 5.60. The Morgan fingerprint density at radius 3 is 2.83 bits per heavy atom. The molecule has 0 spiro atoms. The molecule has 5 nitrogen and oxygen atoms in total. The molecule has 0 aliphatic carbocycles. The Bertz CT molecular complexity index is 600. The second-order valence-electron chi connectivity index (χ2n) is 3.66. The maximum Gasteiger partial charge on any atom is 0.276 e. The van der Waals surface area contributed by atoms with E-state index < -0.39 is 0 Å². The Labute approximate surface area is 109 Å². The van der Waals surface area contributed by atoms with Crippen molar-refractivity contribution in [3.63, 3.8) is 0 Å². The Morgan fingerprint density at radius 2 is 2.17 bits per heavy atom. The second kappa shape index (κ2) is 5.01. The molecular formula is C12H11ClN4O. The fraction of sp³-hybridized carbons (Fsp3) is 0.0833. The number of aromatic nitrogens is 2. The number of nitrogens with zero attached hydrogens (tertiary/aromatic N) is 2. The van der Waals surface area contributed by atoms with Crippen molar-refractivity contribution < 1.29 is 4.79 Å². The second-order valence-corrected chi connectivity index (χ2v) is 4.05. The molecule has 0 bridgehead atoms. The molecule has 0 saturated carbocycles. The van der Waals surface area contributed by atoms with Crippen molar-refractivity contribution in [2.45, 2.75) is 6.92 Å². The minimum absolute atomic E-state index is 0.187. The molecule has 0 radical (unpaired) electrons. The minimum atomic E-state index is -0.375. The van der Waals surface area contributed by atoms with Crippen molar-refractivity contribution in [1.29, 1.82) is 0 Å². The summed E-state index contributed by atoms with van der Waals surface area (Å²) in [6.07, 6.45) is 1.51. The van der Waals surface area contributed by atoms with E-state index in [2.05, 4.69) is 15.3 Å². The molecule has 18 heavy (non-hydrogen) atoms. The number of hydrogen-bond acceptors (Lipinski definition) is 4. The Kier molecular flexibility index (Phi) is 3.43. The van der Waals surface area contributed by atoms with Crippen molar-refractivity contribution in [2.24, 2.45) is 0 Å². The lowest BCUT2D eigenvalue weighted by Gasteiger charge is -2.08. The van der Waals surface area contributed by atoms with Gasteiger partial charge < -0.3 is 11.1 Å². The molecule has 2 aromatic rings. The summed E-state index contributed by atoms with van der Waals surface area (Å²) in [6, 6.07) is 6.57. The van der Waals surface area contributed by atoms with E-state index in [1.165, 1.54) is 6.20 Å². The number of carbonyl (C=O) groups is 1. The summed E-state index contributed by atoms with van der Waals surface area (Å²) >= 11 is 5.74. The van der Waals surface area contributed by atoms with Crippen LogP contribution in [-0.4, -0.2) is 15.9 Å². The lowest BCUT2D eigenvalue weighted by Crippen LogP contribution is -2.16. The van der Waals surface area contributed by atoms with Gasteiger partial charge in [0.25, 0.3) is 5.91 Å². The van der Waals surface area contributed by atoms with Gasteiger partial charge >= 0.3 is 0 Å². The maximum atomic E-state index is 12.0. The summed E-state index contributed by atoms with van der Waals surface area (Å²) in [5.74, 6) is -0.375. The highest BCUT2D eigenvalue weighted by molar-refractivity contribution is 6.29. The van der Waals surface area contributed by atoms with Gasteiger partial charge in [-0.2, -0.15) is 0 Å². The number of nitrogens with two attached hydrogens (primary N) is 1. The molecule has 0 atom stereocenters. The number of aryl methyl sites for hydroxylation is 1. The van der Waals surface area contributed by atoms with Crippen LogP contribution in [0.2, 0.25) is 5.15 Å². The van der Waals surface area contributed by atoms with Gasteiger partial charge in [0.1, 0.15) is 5.15 Å². The fourth-order valence-electron chi connectivity index (χ4n) is 1.45. The van der Waals surface area contributed by atoms with Crippen LogP contribution in [0, 0.1) is 6.92 Å². The third-order valence-corrected chi connectivity index (χ3v) is 2.56. The van der Waals surface area contributed by atoms with Gasteiger partial charge in [-0.15, -0.1) is 0 Å². The van der Waals surface area contributed by atoms with E-state index in [9.17, 15) is 4.79 Å². The zero-order valence-electron chi connectivity index (χ0n) is 9.64. The van der Waals surface area contributed by atoms with Crippen LogP contribution < -0.4 is 11.1 Å². The van der Waals surface area contributed by atoms with E-state index in [4.69, 9.17) is 17.3 Å². The summed E-state index contributed by atoms with van der Waals surface area (Å²) < 4.78 is 0. The molecule has 92 valence electrons. The van der Waals surface area contributed by atoms with Crippen LogP contribution >= 0.6 is 11.6 Å². The summed E-state index contributed by atoms with van der Waals surface area (Å²) in [7, 11) is 0. The number of carbonyl (C=O) groups excluding carboxylic acids is 1. The molecule has 0 aromatic carbocycles. The fourth-order valence-corrected chi connectivity index (χ4v) is 1.64. The van der Waals surface area contributed by atoms with Gasteiger partial charge in [-0.3, -0.25) is 4.79 Å². The molecule has 2 rings (SSSR count). The molecule has 2 aromatic heterocycles. The van der Waals surface area contributed by atoms with Crippen molar-refractivity contribution in [3.8, 4) is 0 Å². The average molecular weight is 263 g/mol. The van der Waals surface area contributed by atoms with Gasteiger partial charge in [-0.1, -0.05) is 11.6 Å². The number of halogens is 1. The van der Waals surface area contributed by atoms with Gasteiger partial charge in [-0.05, 0) is 31.2 Å². The molecular weight excluding hydrogens is 252 g/mol. The van der Waals surface area contributed by atoms with Crippen LogP contribution in [0.1, 0.15) is 16.2 Å². The van der Waals surface area contributed by atoms with E-state index in [1.54, 1.807) is 31.2 Å². The number of rotatable bonds is 2. The molecule has 0 aliphatic rings. The molecule has 3 N–H and O–H groups in total. The summed E-state index contributed by atoms with van der Waals surface area (Å²) in [5, 5.41) is 3.07. The van der Waals surface area contributed by atoms with Crippen molar-refractivity contribution in [3.05, 3.63) is 47.0 Å². The monoisotopic (exact) mass is 262 g/mol. The highest BCUT2D eigenvalue weighted by atomic mass is 35.5. The van der Waals surface area contributed by atoms with Gasteiger partial charge in [0.2, 0.25) is 0 Å². The number of pyridine rings is 2. The van der Waals surface area contributed by atoms with Crippen molar-refractivity contribution in [1.82, 2.24) is 9.97 Å². The third kappa shape index (κ3) is 2.57. The van der Waals surface area contributed by atoms with Crippen LogP contribution in [-0.2, 0) is 0 Å². The van der Waals surface area contributed by atoms with Crippen molar-refractivity contribution in [2.75, 3.05) is 11.1 Å². The van der Waals surface area contributed by atoms with E-state index in [-0.39, 0.29) is 11.6 Å². The number of nitrogen functional groups attached to an aromatic ring is 1. The first-order valence-electron chi connectivity index (χ1n) is 5.23. The topological polar surface area (TPSA) is 80.9 Å². The Morgan fingerprint density at radius 1 is 1.39 bits per heavy atom. The van der Waals surface area contributed by atoms with Crippen LogP contribution in [0.25, 0.3) is 0 Å². The highest BCUT2D eigenvalue weighted by Gasteiger charge is 2.12. The van der Waals surface area contributed by atoms with E-state index >= 15 is 0 Å². The quantitative estimate of drug-likeness (QED) is 0.814. The predicted octanol–water partition coefficient (Wildman–Crippen LogP) is 2.27. The van der Waals surface area contributed by atoms with Gasteiger partial charge in [0, 0.05) is 6.20 Å². The van der Waals surface area contributed by atoms with Crippen LogP contribution in [0.3, 0.4) is 0 Å². The van der Waals surface area contributed by atoms with Crippen LogP contribution in [0.4, 0.5) is 11.4 Å². The van der Waals surface area contributed by atoms with E-state index in [1.807, 2.05) is 0 Å². The minimum Gasteiger partial charge on any atom is -0.397 e. The molecule has 6 heteroatoms. The number of amides is 1. The maximum absolute atomic E-state index is 12.0. The lowest BCUT2D eigenvalue weighted by atomic mass is 10.2. The average Bonchev–Trinajstić information content (AvgIpc) is 2.33. The van der Waals surface area contributed by atoms with Crippen LogP contribution in [0.5, 0.6) is 0 Å². The summed E-state index contributed by atoms with van der Waals surface area (Å²) in [5.41, 5.74) is 7.40. The highest BCUT2D eigenvalue weighted by Crippen LogP contribution is 2.17.